The van der Waals surface area contributed by atoms with E-state index in [4.69, 9.17) is 0 Å². The monoisotopic (exact) mass is 234 g/mol. The molecule has 0 bridgehead atoms. The van der Waals surface area contributed by atoms with E-state index in [1.54, 1.807) is 12.1 Å². The summed E-state index contributed by atoms with van der Waals surface area (Å²) in [7, 11) is 0. The third-order valence-corrected chi connectivity index (χ3v) is 4.62. The van der Waals surface area contributed by atoms with Gasteiger partial charge in [-0.25, -0.2) is 4.39 Å². The largest absolute Gasteiger partial charge is 0.207 e. The van der Waals surface area contributed by atoms with Crippen LogP contribution in [0, 0.1) is 17.7 Å². The van der Waals surface area contributed by atoms with Crippen molar-refractivity contribution in [2.45, 2.75) is 51.9 Å². The lowest BCUT2D eigenvalue weighted by Crippen LogP contribution is -2.30. The molecule has 1 aromatic rings. The van der Waals surface area contributed by atoms with E-state index in [2.05, 4.69) is 20.8 Å². The van der Waals surface area contributed by atoms with E-state index < -0.39 is 0 Å². The lowest BCUT2D eigenvalue weighted by atomic mass is 9.66. The van der Waals surface area contributed by atoms with E-state index in [1.165, 1.54) is 31.2 Å². The lowest BCUT2D eigenvalue weighted by Gasteiger charge is -2.39. The van der Waals surface area contributed by atoms with Gasteiger partial charge >= 0.3 is 0 Å². The molecule has 1 aliphatic rings. The predicted octanol–water partition coefficient (Wildman–Crippen LogP) is 4.93. The van der Waals surface area contributed by atoms with Gasteiger partial charge in [-0.3, -0.25) is 0 Å². The number of rotatable bonds is 2. The van der Waals surface area contributed by atoms with E-state index in [1.807, 2.05) is 12.1 Å². The Morgan fingerprint density at radius 2 is 1.65 bits per heavy atom. The zero-order chi connectivity index (χ0) is 12.5. The van der Waals surface area contributed by atoms with Crippen molar-refractivity contribution in [3.63, 3.8) is 0 Å². The van der Waals surface area contributed by atoms with Gasteiger partial charge < -0.3 is 0 Å². The van der Waals surface area contributed by atoms with Crippen molar-refractivity contribution in [1.82, 2.24) is 0 Å². The van der Waals surface area contributed by atoms with Crippen LogP contribution in [-0.4, -0.2) is 0 Å². The van der Waals surface area contributed by atoms with Crippen molar-refractivity contribution in [2.24, 2.45) is 11.8 Å². The summed E-state index contributed by atoms with van der Waals surface area (Å²) in [6.45, 7) is 6.98. The fourth-order valence-corrected chi connectivity index (χ4v) is 3.08. The van der Waals surface area contributed by atoms with Gasteiger partial charge in [0.2, 0.25) is 0 Å². The van der Waals surface area contributed by atoms with E-state index in [0.717, 1.165) is 11.8 Å². The molecular weight excluding hydrogens is 211 g/mol. The van der Waals surface area contributed by atoms with Crippen LogP contribution in [0.4, 0.5) is 4.39 Å². The third-order valence-electron chi connectivity index (χ3n) is 4.62. The maximum atomic E-state index is 12.9. The SMILES string of the molecule is CC(C)[C@H]1CC[C@](C)(c2ccc(F)cc2)CC1. The van der Waals surface area contributed by atoms with Gasteiger partial charge in [-0.1, -0.05) is 32.9 Å². The second-order valence-corrected chi connectivity index (χ2v) is 6.15. The zero-order valence-electron chi connectivity index (χ0n) is 11.2. The predicted molar refractivity (Wildman–Crippen MR) is 70.5 cm³/mol. The molecule has 1 fully saturated rings. The van der Waals surface area contributed by atoms with Crippen LogP contribution >= 0.6 is 0 Å². The Kier molecular flexibility index (Phi) is 3.56. The first-order chi connectivity index (χ1) is 8.01. The van der Waals surface area contributed by atoms with Crippen molar-refractivity contribution in [1.29, 1.82) is 0 Å². The highest BCUT2D eigenvalue weighted by molar-refractivity contribution is 5.25. The maximum absolute atomic E-state index is 12.9. The van der Waals surface area contributed by atoms with Crippen LogP contribution in [0.1, 0.15) is 52.0 Å². The van der Waals surface area contributed by atoms with Crippen LogP contribution in [-0.2, 0) is 5.41 Å². The van der Waals surface area contributed by atoms with Crippen LogP contribution in [0.3, 0.4) is 0 Å². The standard InChI is InChI=1S/C16H23F/c1-12(2)13-8-10-16(3,11-9-13)14-4-6-15(17)7-5-14/h4-7,12-13H,8-11H2,1-3H3/t13-,16-. The van der Waals surface area contributed by atoms with Gasteiger partial charge in [0.05, 0.1) is 0 Å². The van der Waals surface area contributed by atoms with Gasteiger partial charge in [-0.05, 0) is 60.6 Å². The highest BCUT2D eigenvalue weighted by Gasteiger charge is 2.33. The molecule has 0 atom stereocenters. The van der Waals surface area contributed by atoms with Crippen LogP contribution in [0.5, 0.6) is 0 Å². The number of hydrogen-bond acceptors (Lipinski definition) is 0. The van der Waals surface area contributed by atoms with Crippen LogP contribution in [0.25, 0.3) is 0 Å². The van der Waals surface area contributed by atoms with Gasteiger partial charge in [0, 0.05) is 0 Å². The fraction of sp³-hybridized carbons (Fsp3) is 0.625. The van der Waals surface area contributed by atoms with Gasteiger partial charge in [0.25, 0.3) is 0 Å². The maximum Gasteiger partial charge on any atom is 0.123 e. The minimum absolute atomic E-state index is 0.131. The molecule has 0 saturated heterocycles. The van der Waals surface area contributed by atoms with Gasteiger partial charge in [-0.15, -0.1) is 0 Å². The summed E-state index contributed by atoms with van der Waals surface area (Å²) < 4.78 is 12.9. The minimum Gasteiger partial charge on any atom is -0.207 e. The molecule has 94 valence electrons. The molecular formula is C16H23F. The molecule has 17 heavy (non-hydrogen) atoms. The molecule has 0 amide bonds. The molecule has 2 rings (SSSR count). The lowest BCUT2D eigenvalue weighted by molar-refractivity contribution is 0.204. The molecule has 0 spiro atoms. The Morgan fingerprint density at radius 1 is 1.12 bits per heavy atom. The van der Waals surface area contributed by atoms with E-state index in [9.17, 15) is 4.39 Å². The molecule has 0 heterocycles. The van der Waals surface area contributed by atoms with Crippen LogP contribution in [0.15, 0.2) is 24.3 Å². The highest BCUT2D eigenvalue weighted by Crippen LogP contribution is 2.43. The van der Waals surface area contributed by atoms with Crippen molar-refractivity contribution in [3.05, 3.63) is 35.6 Å². The van der Waals surface area contributed by atoms with Gasteiger partial charge in [-0.2, -0.15) is 0 Å². The molecule has 1 aromatic carbocycles. The minimum atomic E-state index is -0.131. The van der Waals surface area contributed by atoms with Crippen molar-refractivity contribution >= 4 is 0 Å². The molecule has 1 heteroatoms. The summed E-state index contributed by atoms with van der Waals surface area (Å²) in [5.74, 6) is 1.55. The molecule has 0 aromatic heterocycles. The van der Waals surface area contributed by atoms with E-state index in [0.29, 0.717) is 0 Å². The molecule has 0 nitrogen and oxygen atoms in total. The Balaban J connectivity index is 2.09. The molecule has 1 saturated carbocycles. The number of halogens is 1. The van der Waals surface area contributed by atoms with E-state index in [-0.39, 0.29) is 11.2 Å². The third kappa shape index (κ3) is 2.70. The summed E-state index contributed by atoms with van der Waals surface area (Å²) in [6.07, 6.45) is 5.10. The topological polar surface area (TPSA) is 0 Å². The first kappa shape index (κ1) is 12.6. The van der Waals surface area contributed by atoms with Gasteiger partial charge in [0.1, 0.15) is 5.82 Å². The quantitative estimate of drug-likeness (QED) is 0.680. The first-order valence-corrected chi connectivity index (χ1v) is 6.77. The summed E-state index contributed by atoms with van der Waals surface area (Å²) >= 11 is 0. The second-order valence-electron chi connectivity index (χ2n) is 6.15. The van der Waals surface area contributed by atoms with Crippen molar-refractivity contribution < 1.29 is 4.39 Å². The first-order valence-electron chi connectivity index (χ1n) is 6.77. The Morgan fingerprint density at radius 3 is 2.12 bits per heavy atom. The average molecular weight is 234 g/mol. The normalized spacial score (nSPS) is 29.6. The van der Waals surface area contributed by atoms with E-state index >= 15 is 0 Å². The smallest absolute Gasteiger partial charge is 0.123 e. The molecule has 0 unspecified atom stereocenters. The van der Waals surface area contributed by atoms with Crippen LogP contribution in [0.2, 0.25) is 0 Å². The Labute approximate surface area is 104 Å². The zero-order valence-corrected chi connectivity index (χ0v) is 11.2. The summed E-state index contributed by atoms with van der Waals surface area (Å²) in [5.41, 5.74) is 1.57. The summed E-state index contributed by atoms with van der Waals surface area (Å²) in [5, 5.41) is 0. The molecule has 0 aliphatic heterocycles. The van der Waals surface area contributed by atoms with Crippen molar-refractivity contribution in [2.75, 3.05) is 0 Å². The Bertz CT molecular complexity index is 356. The van der Waals surface area contributed by atoms with Gasteiger partial charge in [0.15, 0.2) is 0 Å². The molecule has 0 radical (unpaired) electrons. The summed E-state index contributed by atoms with van der Waals surface area (Å²) in [6, 6.07) is 7.11. The highest BCUT2D eigenvalue weighted by atomic mass is 19.1. The summed E-state index contributed by atoms with van der Waals surface area (Å²) in [4.78, 5) is 0. The van der Waals surface area contributed by atoms with Crippen molar-refractivity contribution in [3.8, 4) is 0 Å². The number of benzene rings is 1. The average Bonchev–Trinajstić information content (AvgIpc) is 2.30. The number of hydrogen-bond donors (Lipinski definition) is 0. The van der Waals surface area contributed by atoms with Crippen LogP contribution < -0.4 is 0 Å². The molecule has 1 aliphatic carbocycles. The second kappa shape index (κ2) is 4.80. The Hall–Kier alpha value is -0.850. The molecule has 0 N–H and O–H groups in total. The fourth-order valence-electron chi connectivity index (χ4n) is 3.08.